The zero-order valence-electron chi connectivity index (χ0n) is 13.9. The van der Waals surface area contributed by atoms with Crippen LogP contribution in [0.2, 0.25) is 0 Å². The molecule has 0 amide bonds. The van der Waals surface area contributed by atoms with Crippen LogP contribution in [0.5, 0.6) is 5.88 Å². The van der Waals surface area contributed by atoms with E-state index in [0.717, 1.165) is 34.9 Å². The molecule has 0 atom stereocenters. The Morgan fingerprint density at radius 2 is 2.04 bits per heavy atom. The number of rotatable bonds is 3. The standard InChI is InChI=1S/C18H19N5O/c1-22-10-13(9-21-22)15-11-23(14-5-3-4-6-14)17-12(7-19)8-20-18(24-2)16(15)17/h8-11,14H,3-6H2,1-2H3. The van der Waals surface area contributed by atoms with Gasteiger partial charge in [0.2, 0.25) is 5.88 Å². The number of fused-ring (bicyclic) bond motifs is 1. The number of pyridine rings is 1. The third kappa shape index (κ3) is 2.16. The second-order valence-corrected chi connectivity index (χ2v) is 6.31. The summed E-state index contributed by atoms with van der Waals surface area (Å²) in [5.41, 5.74) is 3.55. The van der Waals surface area contributed by atoms with Gasteiger partial charge in [-0.05, 0) is 12.8 Å². The van der Waals surface area contributed by atoms with Crippen molar-refractivity contribution in [2.75, 3.05) is 7.11 Å². The average molecular weight is 321 g/mol. The highest BCUT2D eigenvalue weighted by Crippen LogP contribution is 2.41. The number of nitriles is 1. The highest BCUT2D eigenvalue weighted by atomic mass is 16.5. The molecule has 6 heteroatoms. The van der Waals surface area contributed by atoms with Crippen molar-refractivity contribution < 1.29 is 4.74 Å². The lowest BCUT2D eigenvalue weighted by Crippen LogP contribution is -2.04. The first-order chi connectivity index (χ1) is 11.7. The second-order valence-electron chi connectivity index (χ2n) is 6.31. The smallest absolute Gasteiger partial charge is 0.223 e. The summed E-state index contributed by atoms with van der Waals surface area (Å²) >= 11 is 0. The van der Waals surface area contributed by atoms with Gasteiger partial charge in [-0.1, -0.05) is 12.8 Å². The summed E-state index contributed by atoms with van der Waals surface area (Å²) in [6, 6.07) is 2.72. The molecule has 0 unspecified atom stereocenters. The first-order valence-electron chi connectivity index (χ1n) is 8.19. The maximum Gasteiger partial charge on any atom is 0.223 e. The number of hydrogen-bond donors (Lipinski definition) is 0. The van der Waals surface area contributed by atoms with Crippen molar-refractivity contribution in [3.63, 3.8) is 0 Å². The summed E-state index contributed by atoms with van der Waals surface area (Å²) in [5.74, 6) is 0.555. The van der Waals surface area contributed by atoms with Gasteiger partial charge in [0, 0.05) is 36.6 Å². The average Bonchev–Trinajstić information content (AvgIpc) is 3.32. The Morgan fingerprint density at radius 1 is 1.25 bits per heavy atom. The van der Waals surface area contributed by atoms with Crippen molar-refractivity contribution >= 4 is 10.9 Å². The number of ether oxygens (including phenoxy) is 1. The summed E-state index contributed by atoms with van der Waals surface area (Å²) in [7, 11) is 3.52. The molecular formula is C18H19N5O. The largest absolute Gasteiger partial charge is 0.480 e. The molecule has 0 radical (unpaired) electrons. The van der Waals surface area contributed by atoms with Crippen LogP contribution in [0.3, 0.4) is 0 Å². The fourth-order valence-corrected chi connectivity index (χ4v) is 3.75. The highest BCUT2D eigenvalue weighted by Gasteiger charge is 2.25. The van der Waals surface area contributed by atoms with Gasteiger partial charge in [0.1, 0.15) is 6.07 Å². The minimum Gasteiger partial charge on any atom is -0.480 e. The van der Waals surface area contributed by atoms with Gasteiger partial charge in [0.25, 0.3) is 0 Å². The molecule has 0 spiro atoms. The van der Waals surface area contributed by atoms with E-state index in [9.17, 15) is 5.26 Å². The van der Waals surface area contributed by atoms with E-state index in [4.69, 9.17) is 4.74 Å². The van der Waals surface area contributed by atoms with Crippen LogP contribution in [0, 0.1) is 11.3 Å². The van der Waals surface area contributed by atoms with Crippen LogP contribution in [-0.2, 0) is 7.05 Å². The van der Waals surface area contributed by atoms with Crippen molar-refractivity contribution in [2.24, 2.45) is 7.05 Å². The molecule has 0 aromatic carbocycles. The first-order valence-corrected chi connectivity index (χ1v) is 8.19. The van der Waals surface area contributed by atoms with Gasteiger partial charge < -0.3 is 9.30 Å². The zero-order valence-corrected chi connectivity index (χ0v) is 13.9. The molecule has 3 aromatic rings. The maximum absolute atomic E-state index is 9.59. The number of nitrogens with zero attached hydrogens (tertiary/aromatic N) is 5. The summed E-state index contributed by atoms with van der Waals surface area (Å²) in [4.78, 5) is 4.34. The molecule has 0 bridgehead atoms. The Morgan fingerprint density at radius 3 is 2.67 bits per heavy atom. The predicted molar refractivity (Wildman–Crippen MR) is 90.7 cm³/mol. The van der Waals surface area contributed by atoms with Crippen molar-refractivity contribution in [2.45, 2.75) is 31.7 Å². The van der Waals surface area contributed by atoms with Crippen LogP contribution in [0.1, 0.15) is 37.3 Å². The Labute approximate surface area is 140 Å². The van der Waals surface area contributed by atoms with Crippen LogP contribution in [0.4, 0.5) is 0 Å². The summed E-state index contributed by atoms with van der Waals surface area (Å²) in [6.45, 7) is 0. The lowest BCUT2D eigenvalue weighted by atomic mass is 10.1. The third-order valence-electron chi connectivity index (χ3n) is 4.86. The Balaban J connectivity index is 2.06. The monoisotopic (exact) mass is 321 g/mol. The second kappa shape index (κ2) is 5.68. The molecule has 1 aliphatic carbocycles. The van der Waals surface area contributed by atoms with Gasteiger partial charge in [0.05, 0.1) is 36.0 Å². The summed E-state index contributed by atoms with van der Waals surface area (Å²) in [5, 5.41) is 14.8. The van der Waals surface area contributed by atoms with Crippen molar-refractivity contribution in [1.29, 1.82) is 5.26 Å². The fraction of sp³-hybridized carbons (Fsp3) is 0.389. The van der Waals surface area contributed by atoms with Crippen LogP contribution < -0.4 is 4.74 Å². The van der Waals surface area contributed by atoms with Crippen LogP contribution >= 0.6 is 0 Å². The molecule has 24 heavy (non-hydrogen) atoms. The van der Waals surface area contributed by atoms with Crippen LogP contribution in [-0.4, -0.2) is 26.4 Å². The molecular weight excluding hydrogens is 302 g/mol. The van der Waals surface area contributed by atoms with Crippen molar-refractivity contribution in [1.82, 2.24) is 19.3 Å². The third-order valence-corrected chi connectivity index (χ3v) is 4.86. The van der Waals surface area contributed by atoms with Gasteiger partial charge in [-0.15, -0.1) is 0 Å². The minimum absolute atomic E-state index is 0.428. The summed E-state index contributed by atoms with van der Waals surface area (Å²) < 4.78 is 9.55. The van der Waals surface area contributed by atoms with Gasteiger partial charge in [-0.25, -0.2) is 4.98 Å². The Hall–Kier alpha value is -2.81. The molecule has 1 fully saturated rings. The molecule has 3 heterocycles. The highest BCUT2D eigenvalue weighted by molar-refractivity contribution is 6.01. The number of hydrogen-bond acceptors (Lipinski definition) is 4. The fourth-order valence-electron chi connectivity index (χ4n) is 3.75. The van der Waals surface area contributed by atoms with E-state index < -0.39 is 0 Å². The predicted octanol–water partition coefficient (Wildman–Crippen LogP) is 3.43. The lowest BCUT2D eigenvalue weighted by Gasteiger charge is -2.14. The van der Waals surface area contributed by atoms with Crippen molar-refractivity contribution in [3.8, 4) is 23.1 Å². The van der Waals surface area contributed by atoms with E-state index in [-0.39, 0.29) is 0 Å². The number of aryl methyl sites for hydroxylation is 1. The van der Waals surface area contributed by atoms with Gasteiger partial charge in [-0.3, -0.25) is 4.68 Å². The molecule has 3 aromatic heterocycles. The van der Waals surface area contributed by atoms with Gasteiger partial charge >= 0.3 is 0 Å². The van der Waals surface area contributed by atoms with Gasteiger partial charge in [-0.2, -0.15) is 10.4 Å². The zero-order chi connectivity index (χ0) is 16.7. The maximum atomic E-state index is 9.59. The Bertz CT molecular complexity index is 940. The quantitative estimate of drug-likeness (QED) is 0.741. The molecule has 0 aliphatic heterocycles. The van der Waals surface area contributed by atoms with Gasteiger partial charge in [0.15, 0.2) is 0 Å². The van der Waals surface area contributed by atoms with E-state index in [1.165, 1.54) is 12.8 Å². The molecule has 6 nitrogen and oxygen atoms in total. The van der Waals surface area contributed by atoms with E-state index in [0.29, 0.717) is 17.5 Å². The molecule has 1 aliphatic rings. The first kappa shape index (κ1) is 14.8. The summed E-state index contributed by atoms with van der Waals surface area (Å²) in [6.07, 6.45) is 12.3. The normalized spacial score (nSPS) is 15.0. The Kier molecular flexibility index (Phi) is 3.49. The molecule has 0 saturated heterocycles. The van der Waals surface area contributed by atoms with E-state index in [1.54, 1.807) is 18.0 Å². The molecule has 122 valence electrons. The van der Waals surface area contributed by atoms with Crippen LogP contribution in [0.15, 0.2) is 24.8 Å². The molecule has 0 N–H and O–H groups in total. The van der Waals surface area contributed by atoms with Crippen LogP contribution in [0.25, 0.3) is 22.0 Å². The van der Waals surface area contributed by atoms with E-state index >= 15 is 0 Å². The minimum atomic E-state index is 0.428. The molecule has 1 saturated carbocycles. The van der Waals surface area contributed by atoms with E-state index in [1.807, 2.05) is 19.4 Å². The number of aromatic nitrogens is 4. The SMILES string of the molecule is COc1ncc(C#N)c2c1c(-c1cnn(C)c1)cn2C1CCCC1. The van der Waals surface area contributed by atoms with Crippen molar-refractivity contribution in [3.05, 3.63) is 30.4 Å². The topological polar surface area (TPSA) is 68.7 Å². The molecule has 4 rings (SSSR count). The lowest BCUT2D eigenvalue weighted by molar-refractivity contribution is 0.403. The van der Waals surface area contributed by atoms with E-state index in [2.05, 4.69) is 26.9 Å². The number of methoxy groups -OCH3 is 1.